The van der Waals surface area contributed by atoms with Crippen LogP contribution >= 0.6 is 0 Å². The molecule has 1 aromatic carbocycles. The summed E-state index contributed by atoms with van der Waals surface area (Å²) in [6.07, 6.45) is 2.85. The predicted molar refractivity (Wildman–Crippen MR) is 67.9 cm³/mol. The maximum absolute atomic E-state index is 11.5. The minimum absolute atomic E-state index is 0.202. The van der Waals surface area contributed by atoms with Crippen molar-refractivity contribution in [2.75, 3.05) is 7.11 Å². The molecule has 0 spiro atoms. The molecule has 2 aromatic rings. The van der Waals surface area contributed by atoms with Gasteiger partial charge in [-0.05, 0) is 23.8 Å². The first kappa shape index (κ1) is 13.0. The number of benzene rings is 1. The first-order valence-corrected chi connectivity index (χ1v) is 5.60. The molecule has 0 aliphatic carbocycles. The van der Waals surface area contributed by atoms with E-state index < -0.39 is 11.6 Å². The summed E-state index contributed by atoms with van der Waals surface area (Å²) in [6.45, 7) is 0. The Morgan fingerprint density at radius 1 is 1.21 bits per heavy atom. The van der Waals surface area contributed by atoms with Gasteiger partial charge < -0.3 is 14.9 Å². The lowest BCUT2D eigenvalue weighted by Gasteiger charge is -2.24. The van der Waals surface area contributed by atoms with Crippen LogP contribution in [0.5, 0.6) is 5.75 Å². The number of aliphatic carboxylic acids is 1. The molecule has 19 heavy (non-hydrogen) atoms. The number of pyridine rings is 1. The topological polar surface area (TPSA) is 79.7 Å². The molecule has 5 heteroatoms. The molecule has 0 aliphatic heterocycles. The highest BCUT2D eigenvalue weighted by Gasteiger charge is 2.40. The van der Waals surface area contributed by atoms with E-state index in [0.717, 1.165) is 0 Å². The fourth-order valence-corrected chi connectivity index (χ4v) is 1.82. The third kappa shape index (κ3) is 2.28. The van der Waals surface area contributed by atoms with Gasteiger partial charge in [-0.15, -0.1) is 0 Å². The number of rotatable bonds is 4. The minimum atomic E-state index is -2.12. The quantitative estimate of drug-likeness (QED) is 0.867. The van der Waals surface area contributed by atoms with Crippen molar-refractivity contribution in [3.05, 3.63) is 59.9 Å². The van der Waals surface area contributed by atoms with Gasteiger partial charge in [-0.3, -0.25) is 4.98 Å². The minimum Gasteiger partial charge on any atom is -0.497 e. The van der Waals surface area contributed by atoms with Gasteiger partial charge in [0.05, 0.1) is 7.11 Å². The van der Waals surface area contributed by atoms with Gasteiger partial charge in [0, 0.05) is 18.0 Å². The fourth-order valence-electron chi connectivity index (χ4n) is 1.82. The van der Waals surface area contributed by atoms with Gasteiger partial charge >= 0.3 is 5.97 Å². The molecular formula is C14H13NO4. The van der Waals surface area contributed by atoms with E-state index in [0.29, 0.717) is 5.75 Å². The van der Waals surface area contributed by atoms with Gasteiger partial charge in [-0.1, -0.05) is 18.2 Å². The molecule has 0 fully saturated rings. The highest BCUT2D eigenvalue weighted by atomic mass is 16.5. The summed E-state index contributed by atoms with van der Waals surface area (Å²) in [7, 11) is 1.51. The second kappa shape index (κ2) is 5.07. The maximum Gasteiger partial charge on any atom is 0.345 e. The van der Waals surface area contributed by atoms with Crippen LogP contribution in [0.25, 0.3) is 0 Å². The Labute approximate surface area is 110 Å². The van der Waals surface area contributed by atoms with Crippen LogP contribution in [0.2, 0.25) is 0 Å². The van der Waals surface area contributed by atoms with Crippen LogP contribution in [0.15, 0.2) is 48.8 Å². The van der Waals surface area contributed by atoms with Crippen LogP contribution in [0, 0.1) is 0 Å². The Morgan fingerprint density at radius 2 is 1.89 bits per heavy atom. The van der Waals surface area contributed by atoms with Crippen LogP contribution in [0.1, 0.15) is 11.1 Å². The Bertz CT molecular complexity index is 568. The second-order valence-electron chi connectivity index (χ2n) is 3.99. The number of hydrogen-bond donors (Lipinski definition) is 2. The van der Waals surface area contributed by atoms with Crippen molar-refractivity contribution < 1.29 is 19.7 Å². The Kier molecular flexibility index (Phi) is 3.48. The van der Waals surface area contributed by atoms with Crippen LogP contribution < -0.4 is 4.74 Å². The molecule has 1 aromatic heterocycles. The maximum atomic E-state index is 11.5. The number of hydrogen-bond acceptors (Lipinski definition) is 4. The van der Waals surface area contributed by atoms with Crippen LogP contribution in [-0.2, 0) is 10.4 Å². The van der Waals surface area contributed by atoms with E-state index in [9.17, 15) is 15.0 Å². The van der Waals surface area contributed by atoms with E-state index in [1.807, 2.05) is 0 Å². The van der Waals surface area contributed by atoms with E-state index >= 15 is 0 Å². The van der Waals surface area contributed by atoms with E-state index in [1.54, 1.807) is 18.2 Å². The van der Waals surface area contributed by atoms with Gasteiger partial charge in [0.2, 0.25) is 5.60 Å². The zero-order valence-electron chi connectivity index (χ0n) is 10.3. The normalized spacial score (nSPS) is 13.6. The molecule has 5 nitrogen and oxygen atoms in total. The zero-order valence-corrected chi connectivity index (χ0v) is 10.3. The molecule has 0 saturated carbocycles. The Morgan fingerprint density at radius 3 is 2.37 bits per heavy atom. The van der Waals surface area contributed by atoms with E-state index in [4.69, 9.17) is 4.74 Å². The fraction of sp³-hybridized carbons (Fsp3) is 0.143. The number of methoxy groups -OCH3 is 1. The molecule has 0 saturated heterocycles. The SMILES string of the molecule is COc1ccc([C@@](O)(C(=O)O)c2cccnc2)cc1. The molecular weight excluding hydrogens is 246 g/mol. The average molecular weight is 259 g/mol. The van der Waals surface area contributed by atoms with E-state index in [2.05, 4.69) is 4.98 Å². The van der Waals surface area contributed by atoms with Gasteiger partial charge in [0.25, 0.3) is 0 Å². The molecule has 0 bridgehead atoms. The number of aromatic nitrogens is 1. The second-order valence-corrected chi connectivity index (χ2v) is 3.99. The molecule has 98 valence electrons. The highest BCUT2D eigenvalue weighted by molar-refractivity contribution is 5.83. The molecule has 2 N–H and O–H groups in total. The summed E-state index contributed by atoms with van der Waals surface area (Å²) in [5.74, 6) is -0.770. The number of aliphatic hydroxyl groups is 1. The van der Waals surface area contributed by atoms with Crippen molar-refractivity contribution in [1.29, 1.82) is 0 Å². The summed E-state index contributed by atoms with van der Waals surface area (Å²) in [4.78, 5) is 15.3. The summed E-state index contributed by atoms with van der Waals surface area (Å²) in [5, 5.41) is 19.9. The molecule has 2 rings (SSSR count). The summed E-state index contributed by atoms with van der Waals surface area (Å²) in [6, 6.07) is 9.32. The van der Waals surface area contributed by atoms with Crippen molar-refractivity contribution in [2.45, 2.75) is 5.60 Å². The molecule has 1 atom stereocenters. The number of nitrogens with zero attached hydrogens (tertiary/aromatic N) is 1. The zero-order chi connectivity index (χ0) is 13.9. The Hall–Kier alpha value is -2.40. The van der Waals surface area contributed by atoms with Gasteiger partial charge in [-0.25, -0.2) is 4.79 Å². The molecule has 0 unspecified atom stereocenters. The lowest BCUT2D eigenvalue weighted by atomic mass is 9.87. The molecule has 0 amide bonds. The summed E-state index contributed by atoms with van der Waals surface area (Å²) >= 11 is 0. The average Bonchev–Trinajstić information content (AvgIpc) is 2.47. The van der Waals surface area contributed by atoms with E-state index in [-0.39, 0.29) is 11.1 Å². The number of carbonyl (C=O) groups is 1. The first-order chi connectivity index (χ1) is 9.09. The standard InChI is InChI=1S/C14H13NO4/c1-19-12-6-4-10(5-7-12)14(18,13(16)17)11-3-2-8-15-9-11/h2-9,18H,1H3,(H,16,17)/t14-/m0/s1. The number of ether oxygens (including phenoxy) is 1. The van der Waals surface area contributed by atoms with Gasteiger partial charge in [-0.2, -0.15) is 0 Å². The van der Waals surface area contributed by atoms with E-state index in [1.165, 1.54) is 37.7 Å². The molecule has 0 radical (unpaired) electrons. The van der Waals surface area contributed by atoms with Crippen LogP contribution in [0.3, 0.4) is 0 Å². The third-order valence-corrected chi connectivity index (χ3v) is 2.90. The van der Waals surface area contributed by atoms with Crippen molar-refractivity contribution >= 4 is 5.97 Å². The highest BCUT2D eigenvalue weighted by Crippen LogP contribution is 2.30. The molecule has 0 aliphatic rings. The lowest BCUT2D eigenvalue weighted by Crippen LogP contribution is -2.36. The summed E-state index contributed by atoms with van der Waals surface area (Å²) in [5.41, 5.74) is -1.68. The van der Waals surface area contributed by atoms with Crippen LogP contribution in [-0.4, -0.2) is 28.3 Å². The first-order valence-electron chi connectivity index (χ1n) is 5.60. The molecule has 1 heterocycles. The van der Waals surface area contributed by atoms with Gasteiger partial charge in [0.15, 0.2) is 0 Å². The number of carboxylic acid groups (broad SMARTS) is 1. The monoisotopic (exact) mass is 259 g/mol. The van der Waals surface area contributed by atoms with Crippen molar-refractivity contribution in [1.82, 2.24) is 4.98 Å². The van der Waals surface area contributed by atoms with Crippen molar-refractivity contribution in [3.63, 3.8) is 0 Å². The lowest BCUT2D eigenvalue weighted by molar-refractivity contribution is -0.155. The largest absolute Gasteiger partial charge is 0.497 e. The van der Waals surface area contributed by atoms with Crippen LogP contribution in [0.4, 0.5) is 0 Å². The van der Waals surface area contributed by atoms with Crippen molar-refractivity contribution in [3.8, 4) is 5.75 Å². The number of carboxylic acids is 1. The third-order valence-electron chi connectivity index (χ3n) is 2.90. The smallest absolute Gasteiger partial charge is 0.345 e. The van der Waals surface area contributed by atoms with Crippen molar-refractivity contribution in [2.24, 2.45) is 0 Å². The Balaban J connectivity index is 2.53. The summed E-state index contributed by atoms with van der Waals surface area (Å²) < 4.78 is 5.01. The predicted octanol–water partition coefficient (Wildman–Crippen LogP) is 1.41. The van der Waals surface area contributed by atoms with Gasteiger partial charge in [0.1, 0.15) is 5.75 Å².